The Kier molecular flexibility index (Phi) is 4.52. The minimum atomic E-state index is -0.839. The SMILES string of the molecule is Cc1ccc(NC(=O)COc2ccc(F)cc2F)c(C)c1. The van der Waals surface area contributed by atoms with Gasteiger partial charge in [0.1, 0.15) is 5.82 Å². The molecule has 0 unspecified atom stereocenters. The largest absolute Gasteiger partial charge is 0.481 e. The molecule has 1 amide bonds. The molecule has 2 aromatic carbocycles. The minimum Gasteiger partial charge on any atom is -0.481 e. The molecule has 0 aliphatic rings. The maximum Gasteiger partial charge on any atom is 0.262 e. The van der Waals surface area contributed by atoms with Gasteiger partial charge in [-0.1, -0.05) is 17.7 Å². The van der Waals surface area contributed by atoms with Gasteiger partial charge in [-0.15, -0.1) is 0 Å². The highest BCUT2D eigenvalue weighted by atomic mass is 19.1. The molecule has 3 nitrogen and oxygen atoms in total. The van der Waals surface area contributed by atoms with Crippen LogP contribution in [0.4, 0.5) is 14.5 Å². The predicted octanol–water partition coefficient (Wildman–Crippen LogP) is 3.60. The molecule has 0 aliphatic heterocycles. The van der Waals surface area contributed by atoms with Crippen molar-refractivity contribution >= 4 is 11.6 Å². The summed E-state index contributed by atoms with van der Waals surface area (Å²) < 4.78 is 31.1. The number of nitrogens with one attached hydrogen (secondary N) is 1. The average Bonchev–Trinajstić information content (AvgIpc) is 2.41. The molecule has 0 saturated carbocycles. The highest BCUT2D eigenvalue weighted by Crippen LogP contribution is 2.18. The molecule has 21 heavy (non-hydrogen) atoms. The quantitative estimate of drug-likeness (QED) is 0.934. The van der Waals surface area contributed by atoms with E-state index in [4.69, 9.17) is 4.74 Å². The minimum absolute atomic E-state index is 0.160. The third-order valence-corrected chi connectivity index (χ3v) is 2.91. The van der Waals surface area contributed by atoms with Crippen molar-refractivity contribution in [3.63, 3.8) is 0 Å². The second-order valence-electron chi connectivity index (χ2n) is 4.73. The molecule has 2 aromatic rings. The standard InChI is InChI=1S/C16H15F2NO2/c1-10-3-5-14(11(2)7-10)19-16(20)9-21-15-6-4-12(17)8-13(15)18/h3-8H,9H2,1-2H3,(H,19,20). The van der Waals surface area contributed by atoms with Crippen molar-refractivity contribution in [3.05, 3.63) is 59.2 Å². The fourth-order valence-electron chi connectivity index (χ4n) is 1.88. The van der Waals surface area contributed by atoms with Crippen LogP contribution in [0.15, 0.2) is 36.4 Å². The van der Waals surface area contributed by atoms with Crippen LogP contribution in [0.5, 0.6) is 5.75 Å². The van der Waals surface area contributed by atoms with E-state index in [2.05, 4.69) is 5.32 Å². The number of anilines is 1. The van der Waals surface area contributed by atoms with E-state index in [1.807, 2.05) is 26.0 Å². The number of rotatable bonds is 4. The zero-order chi connectivity index (χ0) is 15.4. The van der Waals surface area contributed by atoms with Crippen LogP contribution in [0.3, 0.4) is 0 Å². The molecule has 0 heterocycles. The molecule has 0 spiro atoms. The summed E-state index contributed by atoms with van der Waals surface area (Å²) in [6.45, 7) is 3.48. The van der Waals surface area contributed by atoms with Crippen molar-refractivity contribution in [2.45, 2.75) is 13.8 Å². The molecule has 110 valence electrons. The molecule has 0 aliphatic carbocycles. The monoisotopic (exact) mass is 291 g/mol. The summed E-state index contributed by atoms with van der Waals surface area (Å²) >= 11 is 0. The van der Waals surface area contributed by atoms with Gasteiger partial charge in [-0.2, -0.15) is 0 Å². The summed E-state index contributed by atoms with van der Waals surface area (Å²) in [4.78, 5) is 11.8. The molecule has 1 N–H and O–H groups in total. The number of benzene rings is 2. The second kappa shape index (κ2) is 6.35. The highest BCUT2D eigenvalue weighted by Gasteiger charge is 2.09. The normalized spacial score (nSPS) is 10.3. The molecule has 0 radical (unpaired) electrons. The summed E-state index contributed by atoms with van der Waals surface area (Å²) in [7, 11) is 0. The Balaban J connectivity index is 1.96. The summed E-state index contributed by atoms with van der Waals surface area (Å²) in [6, 6.07) is 8.53. The van der Waals surface area contributed by atoms with Gasteiger partial charge in [0.2, 0.25) is 0 Å². The van der Waals surface area contributed by atoms with E-state index in [1.54, 1.807) is 6.07 Å². The summed E-state index contributed by atoms with van der Waals surface area (Å²) in [6.07, 6.45) is 0. The lowest BCUT2D eigenvalue weighted by molar-refractivity contribution is -0.118. The Morgan fingerprint density at radius 2 is 1.90 bits per heavy atom. The van der Waals surface area contributed by atoms with Gasteiger partial charge in [0.25, 0.3) is 5.91 Å². The number of amides is 1. The van der Waals surface area contributed by atoms with Crippen LogP contribution in [0.2, 0.25) is 0 Å². The van der Waals surface area contributed by atoms with E-state index in [-0.39, 0.29) is 12.4 Å². The molecule has 0 aromatic heterocycles. The Hall–Kier alpha value is -2.43. The van der Waals surface area contributed by atoms with E-state index in [0.717, 1.165) is 23.3 Å². The molecule has 0 fully saturated rings. The molecule has 0 saturated heterocycles. The Morgan fingerprint density at radius 1 is 1.14 bits per heavy atom. The number of hydrogen-bond acceptors (Lipinski definition) is 2. The summed E-state index contributed by atoms with van der Waals surface area (Å²) in [5.74, 6) is -2.10. The molecular weight excluding hydrogens is 276 g/mol. The van der Waals surface area contributed by atoms with Gasteiger partial charge in [-0.05, 0) is 37.6 Å². The van der Waals surface area contributed by atoms with E-state index < -0.39 is 17.5 Å². The van der Waals surface area contributed by atoms with Crippen molar-refractivity contribution in [1.29, 1.82) is 0 Å². The van der Waals surface area contributed by atoms with Crippen molar-refractivity contribution in [2.75, 3.05) is 11.9 Å². The first-order chi connectivity index (χ1) is 9.95. The van der Waals surface area contributed by atoms with Crippen molar-refractivity contribution < 1.29 is 18.3 Å². The van der Waals surface area contributed by atoms with Crippen LogP contribution in [0, 0.1) is 25.5 Å². The number of aryl methyl sites for hydroxylation is 2. The van der Waals surface area contributed by atoms with Gasteiger partial charge in [0, 0.05) is 11.8 Å². The van der Waals surface area contributed by atoms with Crippen molar-refractivity contribution in [2.24, 2.45) is 0 Å². The van der Waals surface area contributed by atoms with Gasteiger partial charge < -0.3 is 10.1 Å². The Bertz CT molecular complexity index is 671. The Morgan fingerprint density at radius 3 is 2.57 bits per heavy atom. The average molecular weight is 291 g/mol. The lowest BCUT2D eigenvalue weighted by Crippen LogP contribution is -2.21. The molecule has 0 bridgehead atoms. The summed E-state index contributed by atoms with van der Waals surface area (Å²) in [5, 5.41) is 2.68. The number of halogens is 2. The topological polar surface area (TPSA) is 38.3 Å². The maximum atomic E-state index is 13.3. The van der Waals surface area contributed by atoms with Crippen LogP contribution in [0.1, 0.15) is 11.1 Å². The first-order valence-electron chi connectivity index (χ1n) is 6.40. The lowest BCUT2D eigenvalue weighted by Gasteiger charge is -2.10. The van der Waals surface area contributed by atoms with Crippen LogP contribution in [0.25, 0.3) is 0 Å². The third-order valence-electron chi connectivity index (χ3n) is 2.91. The van der Waals surface area contributed by atoms with Crippen molar-refractivity contribution in [1.82, 2.24) is 0 Å². The van der Waals surface area contributed by atoms with Crippen LogP contribution in [-0.4, -0.2) is 12.5 Å². The van der Waals surface area contributed by atoms with Crippen LogP contribution in [-0.2, 0) is 4.79 Å². The number of carbonyl (C=O) groups is 1. The molecule has 2 rings (SSSR count). The van der Waals surface area contributed by atoms with Gasteiger partial charge in [-0.25, -0.2) is 8.78 Å². The second-order valence-corrected chi connectivity index (χ2v) is 4.73. The highest BCUT2D eigenvalue weighted by molar-refractivity contribution is 5.92. The van der Waals surface area contributed by atoms with Crippen LogP contribution < -0.4 is 10.1 Å². The first-order valence-corrected chi connectivity index (χ1v) is 6.40. The van der Waals surface area contributed by atoms with E-state index >= 15 is 0 Å². The fourth-order valence-corrected chi connectivity index (χ4v) is 1.88. The first kappa shape index (κ1) is 15.0. The van der Waals surface area contributed by atoms with E-state index in [9.17, 15) is 13.6 Å². The Labute approximate surface area is 121 Å². The van der Waals surface area contributed by atoms with Crippen molar-refractivity contribution in [3.8, 4) is 5.75 Å². The fraction of sp³-hybridized carbons (Fsp3) is 0.188. The van der Waals surface area contributed by atoms with Gasteiger partial charge in [0.05, 0.1) is 0 Å². The zero-order valence-corrected chi connectivity index (χ0v) is 11.7. The maximum absolute atomic E-state index is 13.3. The summed E-state index contributed by atoms with van der Waals surface area (Å²) in [5.41, 5.74) is 2.69. The van der Waals surface area contributed by atoms with Gasteiger partial charge in [-0.3, -0.25) is 4.79 Å². The molecule has 0 atom stereocenters. The predicted molar refractivity (Wildman–Crippen MR) is 76.4 cm³/mol. The van der Waals surface area contributed by atoms with Gasteiger partial charge in [0.15, 0.2) is 18.2 Å². The zero-order valence-electron chi connectivity index (χ0n) is 11.7. The molecule has 5 heteroatoms. The van der Waals surface area contributed by atoms with Gasteiger partial charge >= 0.3 is 0 Å². The number of ether oxygens (including phenoxy) is 1. The smallest absolute Gasteiger partial charge is 0.262 e. The lowest BCUT2D eigenvalue weighted by atomic mass is 10.1. The van der Waals surface area contributed by atoms with E-state index in [0.29, 0.717) is 11.8 Å². The third kappa shape index (κ3) is 4.02. The number of hydrogen-bond donors (Lipinski definition) is 1. The van der Waals surface area contributed by atoms with E-state index in [1.165, 1.54) is 0 Å². The number of carbonyl (C=O) groups excluding carboxylic acids is 1. The molecular formula is C16H15F2NO2. The van der Waals surface area contributed by atoms with Crippen LogP contribution >= 0.6 is 0 Å².